The zero-order valence-electron chi connectivity index (χ0n) is 17.3. The summed E-state index contributed by atoms with van der Waals surface area (Å²) in [6.07, 6.45) is 0. The van der Waals surface area contributed by atoms with Crippen LogP contribution in [-0.2, 0) is 20.9 Å². The van der Waals surface area contributed by atoms with Gasteiger partial charge < -0.3 is 15.4 Å². The summed E-state index contributed by atoms with van der Waals surface area (Å²) in [7, 11) is 1.33. The first-order valence-electron chi connectivity index (χ1n) is 9.63. The van der Waals surface area contributed by atoms with Crippen molar-refractivity contribution in [2.75, 3.05) is 30.0 Å². The van der Waals surface area contributed by atoms with Gasteiger partial charge in [0.2, 0.25) is 0 Å². The molecule has 0 aliphatic rings. The molecule has 0 atom stereocenters. The highest BCUT2D eigenvalue weighted by atomic mass is 32.2. The first-order chi connectivity index (χ1) is 15.4. The molecule has 0 aliphatic carbocycles. The van der Waals surface area contributed by atoms with Gasteiger partial charge in [-0.05, 0) is 17.7 Å². The van der Waals surface area contributed by atoms with Gasteiger partial charge in [-0.1, -0.05) is 48.5 Å². The molecule has 0 unspecified atom stereocenters. The number of thioether (sulfide) groups is 1. The number of carbonyl (C=O) groups is 2. The molecule has 1 amide bonds. The van der Waals surface area contributed by atoms with Crippen LogP contribution in [0.2, 0.25) is 0 Å². The lowest BCUT2D eigenvalue weighted by atomic mass is 10.2. The van der Waals surface area contributed by atoms with Crippen LogP contribution >= 0.6 is 11.8 Å². The Morgan fingerprint density at radius 2 is 1.69 bits per heavy atom. The van der Waals surface area contributed by atoms with Crippen LogP contribution in [-0.4, -0.2) is 40.8 Å². The standard InChI is InChI=1S/C22H22N4O5S/c1-25(17(27)13-31-18(28)14-32-16-10-6-3-7-11-16)19-20(23)26(22(30)24-21(19)29)12-15-8-4-2-5-9-15/h2-11H,12-14,23H2,1H3,(H,24,29,30). The van der Waals surface area contributed by atoms with Crippen LogP contribution in [0.5, 0.6) is 0 Å². The number of nitrogens with two attached hydrogens (primary N) is 1. The Hall–Kier alpha value is -3.79. The first-order valence-corrected chi connectivity index (χ1v) is 10.6. The molecule has 9 nitrogen and oxygen atoms in total. The van der Waals surface area contributed by atoms with Crippen molar-refractivity contribution in [2.45, 2.75) is 11.4 Å². The topological polar surface area (TPSA) is 127 Å². The van der Waals surface area contributed by atoms with Gasteiger partial charge in [-0.2, -0.15) is 0 Å². The van der Waals surface area contributed by atoms with E-state index in [4.69, 9.17) is 10.5 Å². The third-order valence-corrected chi connectivity index (χ3v) is 5.55. The van der Waals surface area contributed by atoms with Gasteiger partial charge in [-0.25, -0.2) is 4.79 Å². The molecule has 1 aromatic heterocycles. The number of aromatic amines is 1. The first kappa shape index (κ1) is 22.9. The van der Waals surface area contributed by atoms with Crippen LogP contribution in [0, 0.1) is 0 Å². The fourth-order valence-corrected chi connectivity index (χ4v) is 3.61. The third kappa shape index (κ3) is 5.67. The molecule has 3 N–H and O–H groups in total. The average Bonchev–Trinajstić information content (AvgIpc) is 2.80. The normalized spacial score (nSPS) is 10.5. The van der Waals surface area contributed by atoms with E-state index < -0.39 is 29.7 Å². The molecule has 2 aromatic carbocycles. The van der Waals surface area contributed by atoms with Crippen molar-refractivity contribution >= 4 is 35.1 Å². The predicted octanol–water partition coefficient (Wildman–Crippen LogP) is 1.47. The van der Waals surface area contributed by atoms with Crippen molar-refractivity contribution < 1.29 is 14.3 Å². The lowest BCUT2D eigenvalue weighted by molar-refractivity contribution is -0.145. The molecule has 3 rings (SSSR count). The Morgan fingerprint density at radius 1 is 1.06 bits per heavy atom. The van der Waals surface area contributed by atoms with Gasteiger partial charge in [0.05, 0.1) is 12.3 Å². The summed E-state index contributed by atoms with van der Waals surface area (Å²) in [6.45, 7) is -0.454. The number of carbonyl (C=O) groups excluding carboxylic acids is 2. The molecular weight excluding hydrogens is 432 g/mol. The molecule has 0 saturated carbocycles. The monoisotopic (exact) mass is 454 g/mol. The van der Waals surface area contributed by atoms with E-state index in [1.165, 1.54) is 23.4 Å². The molecule has 1 heterocycles. The quantitative estimate of drug-likeness (QED) is 0.390. The molecule has 0 fully saturated rings. The number of benzene rings is 2. The maximum atomic E-state index is 12.5. The third-order valence-electron chi connectivity index (χ3n) is 4.56. The molecule has 10 heteroatoms. The number of anilines is 2. The van der Waals surface area contributed by atoms with Crippen LogP contribution < -0.4 is 21.9 Å². The van der Waals surface area contributed by atoms with Crippen molar-refractivity contribution in [3.8, 4) is 0 Å². The summed E-state index contributed by atoms with van der Waals surface area (Å²) in [5.74, 6) is -1.36. The molecular formula is C22H22N4O5S. The summed E-state index contributed by atoms with van der Waals surface area (Å²) in [4.78, 5) is 53.2. The molecule has 166 valence electrons. The van der Waals surface area contributed by atoms with Crippen LogP contribution in [0.4, 0.5) is 11.5 Å². The fourth-order valence-electron chi connectivity index (χ4n) is 2.89. The van der Waals surface area contributed by atoms with E-state index in [-0.39, 0.29) is 23.8 Å². The maximum Gasteiger partial charge on any atom is 0.330 e. The summed E-state index contributed by atoms with van der Waals surface area (Å²) >= 11 is 1.28. The van der Waals surface area contributed by atoms with Gasteiger partial charge in [-0.15, -0.1) is 11.8 Å². The van der Waals surface area contributed by atoms with E-state index in [1.807, 2.05) is 48.5 Å². The largest absolute Gasteiger partial charge is 0.455 e. The Kier molecular flexibility index (Phi) is 7.50. The van der Waals surface area contributed by atoms with Crippen LogP contribution in [0.3, 0.4) is 0 Å². The summed E-state index contributed by atoms with van der Waals surface area (Å²) < 4.78 is 6.19. The molecule has 0 aliphatic heterocycles. The number of ether oxygens (including phenoxy) is 1. The van der Waals surface area contributed by atoms with E-state index in [1.54, 1.807) is 12.1 Å². The van der Waals surface area contributed by atoms with E-state index >= 15 is 0 Å². The predicted molar refractivity (Wildman–Crippen MR) is 123 cm³/mol. The number of nitrogen functional groups attached to an aromatic ring is 1. The Labute approximate surface area is 187 Å². The fraction of sp³-hybridized carbons (Fsp3) is 0.182. The zero-order valence-corrected chi connectivity index (χ0v) is 18.1. The highest BCUT2D eigenvalue weighted by Crippen LogP contribution is 2.18. The number of likely N-dealkylation sites (N-methyl/N-ethyl adjacent to an activating group) is 1. The SMILES string of the molecule is CN(C(=O)COC(=O)CSc1ccccc1)c1c(N)n(Cc2ccccc2)c(=O)[nH]c1=O. The Morgan fingerprint density at radius 3 is 2.34 bits per heavy atom. The summed E-state index contributed by atoms with van der Waals surface area (Å²) in [6, 6.07) is 18.3. The van der Waals surface area contributed by atoms with Crippen LogP contribution in [0.15, 0.2) is 75.1 Å². The Balaban J connectivity index is 1.68. The lowest BCUT2D eigenvalue weighted by Crippen LogP contribution is -2.40. The smallest absolute Gasteiger partial charge is 0.330 e. The highest BCUT2D eigenvalue weighted by molar-refractivity contribution is 8.00. The van der Waals surface area contributed by atoms with Crippen molar-refractivity contribution in [3.63, 3.8) is 0 Å². The van der Waals surface area contributed by atoms with Crippen molar-refractivity contribution in [1.29, 1.82) is 0 Å². The molecule has 0 bridgehead atoms. The summed E-state index contributed by atoms with van der Waals surface area (Å²) in [5, 5.41) is 0. The van der Waals surface area contributed by atoms with Crippen molar-refractivity contribution in [3.05, 3.63) is 87.1 Å². The van der Waals surface area contributed by atoms with Crippen LogP contribution in [0.1, 0.15) is 5.56 Å². The van der Waals surface area contributed by atoms with Gasteiger partial charge in [0.25, 0.3) is 11.5 Å². The van der Waals surface area contributed by atoms with Gasteiger partial charge in [0.15, 0.2) is 12.3 Å². The van der Waals surface area contributed by atoms with Crippen molar-refractivity contribution in [1.82, 2.24) is 9.55 Å². The van der Waals surface area contributed by atoms with E-state index in [0.717, 1.165) is 15.4 Å². The number of hydrogen-bond donors (Lipinski definition) is 2. The van der Waals surface area contributed by atoms with E-state index in [9.17, 15) is 19.2 Å². The van der Waals surface area contributed by atoms with E-state index in [2.05, 4.69) is 4.98 Å². The number of hydrogen-bond acceptors (Lipinski definition) is 7. The van der Waals surface area contributed by atoms with Gasteiger partial charge in [0, 0.05) is 11.9 Å². The minimum absolute atomic E-state index is 0.0334. The minimum atomic E-state index is -0.807. The Bertz CT molecular complexity index is 1210. The number of aromatic nitrogens is 2. The average molecular weight is 455 g/mol. The van der Waals surface area contributed by atoms with Crippen molar-refractivity contribution in [2.24, 2.45) is 0 Å². The minimum Gasteiger partial charge on any atom is -0.455 e. The molecule has 0 spiro atoms. The molecule has 0 radical (unpaired) electrons. The van der Waals surface area contributed by atoms with Gasteiger partial charge in [0.1, 0.15) is 5.82 Å². The maximum absolute atomic E-state index is 12.5. The number of esters is 1. The molecule has 3 aromatic rings. The number of nitrogens with zero attached hydrogens (tertiary/aromatic N) is 2. The van der Waals surface area contributed by atoms with Crippen LogP contribution in [0.25, 0.3) is 0 Å². The van der Waals surface area contributed by atoms with Gasteiger partial charge >= 0.3 is 11.7 Å². The van der Waals surface area contributed by atoms with E-state index in [0.29, 0.717) is 0 Å². The second-order valence-electron chi connectivity index (χ2n) is 6.78. The number of rotatable bonds is 8. The number of H-pyrrole nitrogens is 1. The molecule has 0 saturated heterocycles. The lowest BCUT2D eigenvalue weighted by Gasteiger charge is -2.20. The molecule has 32 heavy (non-hydrogen) atoms. The second kappa shape index (κ2) is 10.5. The highest BCUT2D eigenvalue weighted by Gasteiger charge is 2.22. The zero-order chi connectivity index (χ0) is 23.1. The summed E-state index contributed by atoms with van der Waals surface area (Å²) in [5.41, 5.74) is 5.18. The number of amides is 1. The van der Waals surface area contributed by atoms with Gasteiger partial charge in [-0.3, -0.25) is 23.9 Å². The number of nitrogens with one attached hydrogen (secondary N) is 1. The second-order valence-corrected chi connectivity index (χ2v) is 7.83.